The molecule has 112 valence electrons. The normalized spacial score (nSPS) is 10.9. The first-order valence-electron chi connectivity index (χ1n) is 6.48. The Morgan fingerprint density at radius 1 is 1.43 bits per heavy atom. The molecule has 2 rings (SSSR count). The van der Waals surface area contributed by atoms with Gasteiger partial charge in [0.05, 0.1) is 5.75 Å². The van der Waals surface area contributed by atoms with E-state index in [1.54, 1.807) is 12.1 Å². The summed E-state index contributed by atoms with van der Waals surface area (Å²) in [5, 5.41) is 11.6. The Morgan fingerprint density at radius 3 is 2.86 bits per heavy atom. The molecule has 0 unspecified atom stereocenters. The van der Waals surface area contributed by atoms with E-state index in [4.69, 9.17) is 16.0 Å². The molecule has 1 N–H and O–H groups in total. The maximum atomic E-state index is 11.9. The molecule has 2 aromatic rings. The number of aryl methyl sites for hydroxylation is 1. The average molecular weight is 326 g/mol. The van der Waals surface area contributed by atoms with Crippen molar-refractivity contribution in [1.29, 1.82) is 0 Å². The number of hydrogen-bond acceptors (Lipinski definition) is 5. The number of nitrogens with zero attached hydrogens (tertiary/aromatic N) is 2. The minimum absolute atomic E-state index is 0.144. The first kappa shape index (κ1) is 15.9. The Bertz CT molecular complexity index is 643. The fraction of sp³-hybridized carbons (Fsp3) is 0.357. The smallest absolute Gasteiger partial charge is 0.277 e. The Kier molecular flexibility index (Phi) is 5.25. The molecule has 0 saturated heterocycles. The second-order valence-corrected chi connectivity index (χ2v) is 6.22. The molecule has 0 aliphatic carbocycles. The monoisotopic (exact) mass is 325 g/mol. The maximum Gasteiger partial charge on any atom is 0.277 e. The Balaban J connectivity index is 1.91. The second-order valence-electron chi connectivity index (χ2n) is 4.86. The highest BCUT2D eigenvalue weighted by molar-refractivity contribution is 7.99. The molecule has 5 nitrogen and oxygen atoms in total. The molecule has 0 aliphatic heterocycles. The number of thioether (sulfide) groups is 1. The molecule has 1 amide bonds. The number of amides is 1. The van der Waals surface area contributed by atoms with Crippen LogP contribution in [-0.4, -0.2) is 21.9 Å². The van der Waals surface area contributed by atoms with E-state index in [0.29, 0.717) is 21.8 Å². The minimum atomic E-state index is -0.144. The third-order valence-electron chi connectivity index (χ3n) is 2.72. The quantitative estimate of drug-likeness (QED) is 0.845. The average Bonchev–Trinajstić information content (AvgIpc) is 2.90. The number of carbonyl (C=O) groups excluding carboxylic acids is 1. The SMILES string of the molecule is Cc1ccc(Cl)cc1NC(=O)CSc1nnc(C(C)C)o1. The number of anilines is 1. The number of rotatable bonds is 5. The van der Waals surface area contributed by atoms with Crippen molar-refractivity contribution in [1.82, 2.24) is 10.2 Å². The number of nitrogens with one attached hydrogen (secondary N) is 1. The first-order valence-corrected chi connectivity index (χ1v) is 7.84. The molecular weight excluding hydrogens is 310 g/mol. The van der Waals surface area contributed by atoms with Gasteiger partial charge in [0.25, 0.3) is 5.22 Å². The van der Waals surface area contributed by atoms with Crippen LogP contribution >= 0.6 is 23.4 Å². The molecule has 0 bridgehead atoms. The van der Waals surface area contributed by atoms with Gasteiger partial charge < -0.3 is 9.73 Å². The Hall–Kier alpha value is -1.53. The summed E-state index contributed by atoms with van der Waals surface area (Å²) in [5.74, 6) is 0.805. The zero-order chi connectivity index (χ0) is 15.4. The van der Waals surface area contributed by atoms with E-state index in [2.05, 4.69) is 15.5 Å². The first-order chi connectivity index (χ1) is 9.95. The molecule has 1 aromatic heterocycles. The molecular formula is C14H16ClN3O2S. The van der Waals surface area contributed by atoms with Crippen LogP contribution in [0, 0.1) is 6.92 Å². The third kappa shape index (κ3) is 4.47. The molecule has 0 atom stereocenters. The van der Waals surface area contributed by atoms with E-state index in [1.807, 2.05) is 26.8 Å². The van der Waals surface area contributed by atoms with Crippen molar-refractivity contribution < 1.29 is 9.21 Å². The predicted octanol–water partition coefficient (Wildman–Crippen LogP) is 3.89. The Labute approximate surface area is 132 Å². The number of carbonyl (C=O) groups is 1. The van der Waals surface area contributed by atoms with Gasteiger partial charge in [-0.3, -0.25) is 4.79 Å². The second kappa shape index (κ2) is 6.95. The fourth-order valence-corrected chi connectivity index (χ4v) is 2.30. The lowest BCUT2D eigenvalue weighted by atomic mass is 10.2. The van der Waals surface area contributed by atoms with E-state index in [0.717, 1.165) is 5.56 Å². The summed E-state index contributed by atoms with van der Waals surface area (Å²) in [4.78, 5) is 11.9. The summed E-state index contributed by atoms with van der Waals surface area (Å²) < 4.78 is 5.43. The van der Waals surface area contributed by atoms with E-state index < -0.39 is 0 Å². The van der Waals surface area contributed by atoms with Crippen molar-refractivity contribution in [3.05, 3.63) is 34.7 Å². The van der Waals surface area contributed by atoms with Gasteiger partial charge in [-0.05, 0) is 24.6 Å². The summed E-state index contributed by atoms with van der Waals surface area (Å²) in [6, 6.07) is 5.37. The summed E-state index contributed by atoms with van der Waals surface area (Å²) in [6.45, 7) is 5.85. The highest BCUT2D eigenvalue weighted by Gasteiger charge is 2.12. The van der Waals surface area contributed by atoms with E-state index in [1.165, 1.54) is 11.8 Å². The summed E-state index contributed by atoms with van der Waals surface area (Å²) in [7, 11) is 0. The largest absolute Gasteiger partial charge is 0.416 e. The van der Waals surface area contributed by atoms with Crippen molar-refractivity contribution in [3.63, 3.8) is 0 Å². The lowest BCUT2D eigenvalue weighted by molar-refractivity contribution is -0.113. The van der Waals surface area contributed by atoms with E-state index >= 15 is 0 Å². The van der Waals surface area contributed by atoms with Gasteiger partial charge in [0.1, 0.15) is 0 Å². The maximum absolute atomic E-state index is 11.9. The molecule has 1 heterocycles. The molecule has 21 heavy (non-hydrogen) atoms. The van der Waals surface area contributed by atoms with Crippen LogP contribution in [0.25, 0.3) is 0 Å². The summed E-state index contributed by atoms with van der Waals surface area (Å²) >= 11 is 7.13. The van der Waals surface area contributed by atoms with Crippen LogP contribution in [0.1, 0.15) is 31.2 Å². The number of halogens is 1. The number of aromatic nitrogens is 2. The van der Waals surface area contributed by atoms with Crippen molar-refractivity contribution in [2.75, 3.05) is 11.1 Å². The van der Waals surface area contributed by atoms with Crippen molar-refractivity contribution in [2.24, 2.45) is 0 Å². The molecule has 0 fully saturated rings. The van der Waals surface area contributed by atoms with Crippen molar-refractivity contribution in [2.45, 2.75) is 31.9 Å². The highest BCUT2D eigenvalue weighted by atomic mass is 35.5. The molecule has 1 aromatic carbocycles. The fourth-order valence-electron chi connectivity index (χ4n) is 1.55. The van der Waals surface area contributed by atoms with Crippen LogP contribution in [-0.2, 0) is 4.79 Å². The summed E-state index contributed by atoms with van der Waals surface area (Å²) in [6.07, 6.45) is 0. The molecule has 7 heteroatoms. The van der Waals surface area contributed by atoms with Gasteiger partial charge in [-0.15, -0.1) is 10.2 Å². The van der Waals surface area contributed by atoms with Gasteiger partial charge in [0.15, 0.2) is 0 Å². The van der Waals surface area contributed by atoms with Crippen LogP contribution in [0.15, 0.2) is 27.8 Å². The number of hydrogen-bond donors (Lipinski definition) is 1. The molecule has 0 saturated carbocycles. The third-order valence-corrected chi connectivity index (χ3v) is 3.77. The topological polar surface area (TPSA) is 68.0 Å². The summed E-state index contributed by atoms with van der Waals surface area (Å²) in [5.41, 5.74) is 1.67. The van der Waals surface area contributed by atoms with Crippen molar-refractivity contribution in [3.8, 4) is 0 Å². The predicted molar refractivity (Wildman–Crippen MR) is 83.9 cm³/mol. The molecule has 0 spiro atoms. The van der Waals surface area contributed by atoms with Gasteiger partial charge >= 0.3 is 0 Å². The van der Waals surface area contributed by atoms with Crippen LogP contribution in [0.3, 0.4) is 0 Å². The van der Waals surface area contributed by atoms with E-state index in [-0.39, 0.29) is 17.6 Å². The molecule has 0 radical (unpaired) electrons. The van der Waals surface area contributed by atoms with Crippen LogP contribution in [0.4, 0.5) is 5.69 Å². The zero-order valence-corrected chi connectivity index (χ0v) is 13.6. The van der Waals surface area contributed by atoms with Crippen molar-refractivity contribution >= 4 is 35.0 Å². The molecule has 0 aliphatic rings. The zero-order valence-electron chi connectivity index (χ0n) is 12.0. The van der Waals surface area contributed by atoms with E-state index in [9.17, 15) is 4.79 Å². The lowest BCUT2D eigenvalue weighted by Gasteiger charge is -2.07. The Morgan fingerprint density at radius 2 is 2.19 bits per heavy atom. The van der Waals surface area contributed by atoms with Gasteiger partial charge in [-0.25, -0.2) is 0 Å². The lowest BCUT2D eigenvalue weighted by Crippen LogP contribution is -2.14. The van der Waals surface area contributed by atoms with Gasteiger partial charge in [-0.1, -0.05) is 43.3 Å². The van der Waals surface area contributed by atoms with Crippen LogP contribution in [0.5, 0.6) is 0 Å². The minimum Gasteiger partial charge on any atom is -0.416 e. The van der Waals surface area contributed by atoms with Crippen LogP contribution in [0.2, 0.25) is 5.02 Å². The van der Waals surface area contributed by atoms with Crippen LogP contribution < -0.4 is 5.32 Å². The van der Waals surface area contributed by atoms with Gasteiger partial charge in [0, 0.05) is 16.6 Å². The van der Waals surface area contributed by atoms with Gasteiger partial charge in [0.2, 0.25) is 11.8 Å². The standard InChI is InChI=1S/C14H16ClN3O2S/c1-8(2)13-17-18-14(20-13)21-7-12(19)16-11-6-10(15)5-4-9(11)3/h4-6,8H,7H2,1-3H3,(H,16,19). The van der Waals surface area contributed by atoms with Gasteiger partial charge in [-0.2, -0.15) is 0 Å². The number of benzene rings is 1. The highest BCUT2D eigenvalue weighted by Crippen LogP contribution is 2.22.